The topological polar surface area (TPSA) is 48.5 Å². The maximum atomic E-state index is 13.0. The number of hydrogen-bond acceptors (Lipinski definition) is 3. The molecule has 2 fully saturated rings. The molecule has 2 unspecified atom stereocenters. The lowest BCUT2D eigenvalue weighted by molar-refractivity contribution is 0.150. The van der Waals surface area contributed by atoms with Gasteiger partial charge in [-0.15, -0.1) is 0 Å². The SMILES string of the molecule is Cc1ccc(C2CC(C)CN(C(=O)NC3CCN(C)CC3)C2)c2cccnc12. The van der Waals surface area contributed by atoms with Crippen LogP contribution in [0.2, 0.25) is 0 Å². The van der Waals surface area contributed by atoms with Crippen LogP contribution in [0.3, 0.4) is 0 Å². The quantitative estimate of drug-likeness (QED) is 0.863. The molecule has 28 heavy (non-hydrogen) atoms. The fourth-order valence-electron chi connectivity index (χ4n) is 4.85. The molecule has 1 aromatic carbocycles. The molecular formula is C23H32N4O. The van der Waals surface area contributed by atoms with Gasteiger partial charge in [0.1, 0.15) is 0 Å². The van der Waals surface area contributed by atoms with Crippen LogP contribution >= 0.6 is 0 Å². The van der Waals surface area contributed by atoms with Crippen molar-refractivity contribution in [3.8, 4) is 0 Å². The zero-order valence-corrected chi connectivity index (χ0v) is 17.3. The summed E-state index contributed by atoms with van der Waals surface area (Å²) in [5.41, 5.74) is 3.62. The highest BCUT2D eigenvalue weighted by atomic mass is 16.2. The number of nitrogens with one attached hydrogen (secondary N) is 1. The van der Waals surface area contributed by atoms with Gasteiger partial charge in [0, 0.05) is 36.6 Å². The van der Waals surface area contributed by atoms with Crippen molar-refractivity contribution in [2.75, 3.05) is 33.2 Å². The average Bonchev–Trinajstić information content (AvgIpc) is 2.70. The number of rotatable bonds is 2. The molecule has 0 saturated carbocycles. The van der Waals surface area contributed by atoms with Crippen molar-refractivity contribution in [1.82, 2.24) is 20.1 Å². The van der Waals surface area contributed by atoms with E-state index < -0.39 is 0 Å². The highest BCUT2D eigenvalue weighted by Gasteiger charge is 2.31. The Hall–Kier alpha value is -2.14. The van der Waals surface area contributed by atoms with E-state index in [-0.39, 0.29) is 6.03 Å². The number of piperidine rings is 2. The zero-order chi connectivity index (χ0) is 19.7. The van der Waals surface area contributed by atoms with Gasteiger partial charge < -0.3 is 15.1 Å². The summed E-state index contributed by atoms with van der Waals surface area (Å²) in [6, 6.07) is 9.03. The summed E-state index contributed by atoms with van der Waals surface area (Å²) in [6.07, 6.45) is 5.07. The van der Waals surface area contributed by atoms with Gasteiger partial charge in [-0.3, -0.25) is 4.98 Å². The van der Waals surface area contributed by atoms with Gasteiger partial charge in [0.2, 0.25) is 0 Å². The van der Waals surface area contributed by atoms with Crippen molar-refractivity contribution < 1.29 is 4.79 Å². The van der Waals surface area contributed by atoms with Crippen LogP contribution in [0.5, 0.6) is 0 Å². The third kappa shape index (κ3) is 4.00. The molecule has 0 bridgehead atoms. The summed E-state index contributed by atoms with van der Waals surface area (Å²) in [5.74, 6) is 0.856. The maximum absolute atomic E-state index is 13.0. The number of amides is 2. The first-order valence-corrected chi connectivity index (χ1v) is 10.6. The first-order valence-electron chi connectivity index (χ1n) is 10.6. The highest BCUT2D eigenvalue weighted by Crippen LogP contribution is 2.34. The van der Waals surface area contributed by atoms with E-state index in [1.54, 1.807) is 0 Å². The second kappa shape index (κ2) is 8.08. The number of carbonyl (C=O) groups is 1. The number of carbonyl (C=O) groups excluding carboxylic acids is 1. The van der Waals surface area contributed by atoms with Crippen LogP contribution in [-0.4, -0.2) is 60.1 Å². The van der Waals surface area contributed by atoms with Gasteiger partial charge in [-0.2, -0.15) is 0 Å². The van der Waals surface area contributed by atoms with Crippen LogP contribution < -0.4 is 5.32 Å². The number of nitrogens with zero attached hydrogens (tertiary/aromatic N) is 3. The maximum Gasteiger partial charge on any atom is 0.317 e. The van der Waals surface area contributed by atoms with Gasteiger partial charge >= 0.3 is 6.03 Å². The third-order valence-corrected chi connectivity index (χ3v) is 6.44. The lowest BCUT2D eigenvalue weighted by Crippen LogP contribution is -2.52. The van der Waals surface area contributed by atoms with Crippen molar-refractivity contribution in [2.45, 2.75) is 45.1 Å². The number of fused-ring (bicyclic) bond motifs is 1. The molecule has 1 N–H and O–H groups in total. The molecule has 3 heterocycles. The monoisotopic (exact) mass is 380 g/mol. The predicted octanol–water partition coefficient (Wildman–Crippen LogP) is 3.77. The lowest BCUT2D eigenvalue weighted by Gasteiger charge is -2.38. The Bertz CT molecular complexity index is 844. The Balaban J connectivity index is 1.51. The van der Waals surface area contributed by atoms with Crippen LogP contribution in [0.15, 0.2) is 30.5 Å². The smallest absolute Gasteiger partial charge is 0.317 e. The summed E-state index contributed by atoms with van der Waals surface area (Å²) in [6.45, 7) is 8.13. The average molecular weight is 381 g/mol. The minimum absolute atomic E-state index is 0.112. The molecule has 0 radical (unpaired) electrons. The fourth-order valence-corrected chi connectivity index (χ4v) is 4.85. The molecule has 5 heteroatoms. The van der Waals surface area contributed by atoms with Crippen LogP contribution in [0.4, 0.5) is 4.79 Å². The lowest BCUT2D eigenvalue weighted by atomic mass is 9.83. The zero-order valence-electron chi connectivity index (χ0n) is 17.3. The predicted molar refractivity (Wildman–Crippen MR) is 114 cm³/mol. The summed E-state index contributed by atoms with van der Waals surface area (Å²) in [4.78, 5) is 21.9. The van der Waals surface area contributed by atoms with Gasteiger partial charge in [0.05, 0.1) is 5.52 Å². The van der Waals surface area contributed by atoms with Gasteiger partial charge in [0.15, 0.2) is 0 Å². The molecule has 0 spiro atoms. The van der Waals surface area contributed by atoms with E-state index in [1.165, 1.54) is 16.5 Å². The van der Waals surface area contributed by atoms with E-state index in [0.717, 1.165) is 51.0 Å². The number of pyridine rings is 1. The van der Waals surface area contributed by atoms with Crippen molar-refractivity contribution in [1.29, 1.82) is 0 Å². The molecule has 2 aromatic rings. The third-order valence-electron chi connectivity index (χ3n) is 6.44. The molecule has 2 aliphatic rings. The van der Waals surface area contributed by atoms with Gasteiger partial charge in [-0.1, -0.05) is 25.1 Å². The van der Waals surface area contributed by atoms with Gasteiger partial charge in [-0.25, -0.2) is 4.79 Å². The molecule has 2 saturated heterocycles. The second-order valence-corrected chi connectivity index (χ2v) is 8.84. The Kier molecular flexibility index (Phi) is 5.54. The normalized spacial score (nSPS) is 24.5. The van der Waals surface area contributed by atoms with Gasteiger partial charge in [-0.05, 0) is 69.4 Å². The van der Waals surface area contributed by atoms with E-state index in [0.29, 0.717) is 17.9 Å². The number of urea groups is 1. The number of benzene rings is 1. The van der Waals surface area contributed by atoms with Crippen molar-refractivity contribution >= 4 is 16.9 Å². The van der Waals surface area contributed by atoms with E-state index >= 15 is 0 Å². The minimum Gasteiger partial charge on any atom is -0.335 e. The fraction of sp³-hybridized carbons (Fsp3) is 0.565. The molecule has 150 valence electrons. The number of hydrogen-bond donors (Lipinski definition) is 1. The van der Waals surface area contributed by atoms with E-state index in [9.17, 15) is 4.79 Å². The van der Waals surface area contributed by atoms with E-state index in [2.05, 4.69) is 54.3 Å². The van der Waals surface area contributed by atoms with E-state index in [4.69, 9.17) is 0 Å². The Labute approximate surface area is 168 Å². The largest absolute Gasteiger partial charge is 0.335 e. The van der Waals surface area contributed by atoms with Crippen LogP contribution in [0, 0.1) is 12.8 Å². The van der Waals surface area contributed by atoms with Crippen molar-refractivity contribution in [2.24, 2.45) is 5.92 Å². The van der Waals surface area contributed by atoms with Gasteiger partial charge in [0.25, 0.3) is 0 Å². The highest BCUT2D eigenvalue weighted by molar-refractivity contribution is 5.85. The van der Waals surface area contributed by atoms with Crippen molar-refractivity contribution in [3.05, 3.63) is 41.6 Å². The van der Waals surface area contributed by atoms with Crippen LogP contribution in [0.1, 0.15) is 43.2 Å². The Morgan fingerprint density at radius 1 is 1.18 bits per heavy atom. The molecule has 0 aliphatic carbocycles. The number of aryl methyl sites for hydroxylation is 1. The van der Waals surface area contributed by atoms with Crippen LogP contribution in [0.25, 0.3) is 10.9 Å². The van der Waals surface area contributed by atoms with Crippen LogP contribution in [-0.2, 0) is 0 Å². The molecule has 2 aliphatic heterocycles. The molecule has 1 aromatic heterocycles. The standard InChI is InChI=1S/C23H32N4O/c1-16-13-18(20-7-6-17(2)22-21(20)5-4-10-24-22)15-27(14-16)23(28)25-19-8-11-26(3)12-9-19/h4-7,10,16,18-19H,8-9,11-15H2,1-3H3,(H,25,28). The minimum atomic E-state index is 0.112. The Morgan fingerprint density at radius 3 is 2.75 bits per heavy atom. The molecule has 4 rings (SSSR count). The summed E-state index contributed by atoms with van der Waals surface area (Å²) in [5, 5.41) is 4.53. The Morgan fingerprint density at radius 2 is 1.96 bits per heavy atom. The number of aromatic nitrogens is 1. The molecule has 5 nitrogen and oxygen atoms in total. The first-order chi connectivity index (χ1) is 13.5. The van der Waals surface area contributed by atoms with E-state index in [1.807, 2.05) is 17.2 Å². The number of likely N-dealkylation sites (tertiary alicyclic amines) is 2. The second-order valence-electron chi connectivity index (χ2n) is 8.84. The summed E-state index contributed by atoms with van der Waals surface area (Å²) in [7, 11) is 2.15. The molecule has 2 amide bonds. The van der Waals surface area contributed by atoms with Crippen molar-refractivity contribution in [3.63, 3.8) is 0 Å². The summed E-state index contributed by atoms with van der Waals surface area (Å²) < 4.78 is 0. The first kappa shape index (κ1) is 19.2. The molecular weight excluding hydrogens is 348 g/mol. The summed E-state index contributed by atoms with van der Waals surface area (Å²) >= 11 is 0. The molecule has 2 atom stereocenters.